The van der Waals surface area contributed by atoms with E-state index < -0.39 is 0 Å². The maximum Gasteiger partial charge on any atom is 0.164 e. The summed E-state index contributed by atoms with van der Waals surface area (Å²) in [6.07, 6.45) is 1.10. The smallest absolute Gasteiger partial charge is 0.164 e. The maximum atomic E-state index is 9.74. The molecule has 0 bridgehead atoms. The highest BCUT2D eigenvalue weighted by atomic mass is 16.5. The van der Waals surface area contributed by atoms with E-state index in [1.807, 2.05) is 36.4 Å². The predicted molar refractivity (Wildman–Crippen MR) is 83.7 cm³/mol. The van der Waals surface area contributed by atoms with Gasteiger partial charge in [-0.2, -0.15) is 0 Å². The van der Waals surface area contributed by atoms with E-state index in [2.05, 4.69) is 0 Å². The summed E-state index contributed by atoms with van der Waals surface area (Å²) in [4.78, 5) is 0. The molecule has 4 nitrogen and oxygen atoms in total. The fraction of sp³-hybridized carbons (Fsp3) is 0.333. The van der Waals surface area contributed by atoms with Crippen molar-refractivity contribution in [1.82, 2.24) is 0 Å². The number of methoxy groups -OCH3 is 1. The Kier molecular flexibility index (Phi) is 4.49. The third-order valence-electron chi connectivity index (χ3n) is 3.95. The molecule has 4 heteroatoms. The Bertz CT molecular complexity index is 585. The molecule has 2 heterocycles. The molecule has 2 unspecified atom stereocenters. The van der Waals surface area contributed by atoms with Crippen molar-refractivity contribution in [3.05, 3.63) is 54.1 Å². The van der Waals surface area contributed by atoms with Crippen LogP contribution in [0.2, 0.25) is 0 Å². The van der Waals surface area contributed by atoms with E-state index >= 15 is 0 Å². The van der Waals surface area contributed by atoms with Crippen molar-refractivity contribution < 1.29 is 19.3 Å². The molecular formula is C18H20O4. The third-order valence-corrected chi connectivity index (χ3v) is 3.95. The topological polar surface area (TPSA) is 47.9 Å². The Morgan fingerprint density at radius 1 is 1.09 bits per heavy atom. The second-order valence-electron chi connectivity index (χ2n) is 5.34. The predicted octanol–water partition coefficient (Wildman–Crippen LogP) is 3.35. The minimum Gasteiger partial charge on any atom is -0.504 e. The van der Waals surface area contributed by atoms with Gasteiger partial charge in [-0.1, -0.05) is 36.4 Å². The summed E-state index contributed by atoms with van der Waals surface area (Å²) in [6.45, 7) is 1.42. The van der Waals surface area contributed by atoms with E-state index in [4.69, 9.17) is 14.2 Å². The summed E-state index contributed by atoms with van der Waals surface area (Å²) >= 11 is 0. The zero-order chi connectivity index (χ0) is 15.4. The van der Waals surface area contributed by atoms with Gasteiger partial charge in [0, 0.05) is 24.0 Å². The van der Waals surface area contributed by atoms with Crippen molar-refractivity contribution in [3.8, 4) is 17.2 Å². The Balaban J connectivity index is 0.000000202. The standard InChI is InChI=1S/C12H14O4.C6H6/c1-14-12-5-11-7(4-9(12)13)8-6-15-3-2-10(8)16-11;1-2-4-6-5-3-1/h4-5,8,10,13H,2-3,6H2,1H3;1-6H. The van der Waals surface area contributed by atoms with Crippen LogP contribution in [0.1, 0.15) is 17.9 Å². The number of phenolic OH excluding ortho intramolecular Hbond substituents is 1. The van der Waals surface area contributed by atoms with Gasteiger partial charge in [0.2, 0.25) is 0 Å². The van der Waals surface area contributed by atoms with Gasteiger partial charge in [0.15, 0.2) is 11.5 Å². The number of fused-ring (bicyclic) bond motifs is 3. The molecule has 0 saturated carbocycles. The summed E-state index contributed by atoms with van der Waals surface area (Å²) in [5.74, 6) is 1.69. The average Bonchev–Trinajstić information content (AvgIpc) is 2.94. The average molecular weight is 300 g/mol. The number of aromatic hydroxyl groups is 1. The number of hydrogen-bond acceptors (Lipinski definition) is 4. The second-order valence-corrected chi connectivity index (χ2v) is 5.34. The van der Waals surface area contributed by atoms with Crippen LogP contribution < -0.4 is 9.47 Å². The van der Waals surface area contributed by atoms with E-state index in [1.165, 1.54) is 7.11 Å². The van der Waals surface area contributed by atoms with E-state index in [-0.39, 0.29) is 17.8 Å². The largest absolute Gasteiger partial charge is 0.504 e. The molecule has 1 saturated heterocycles. The molecule has 2 aliphatic heterocycles. The second kappa shape index (κ2) is 6.71. The first-order valence-corrected chi connectivity index (χ1v) is 7.45. The van der Waals surface area contributed by atoms with Gasteiger partial charge in [-0.05, 0) is 6.07 Å². The van der Waals surface area contributed by atoms with E-state index in [0.29, 0.717) is 12.4 Å². The molecule has 1 fully saturated rings. The Labute approximate surface area is 130 Å². The lowest BCUT2D eigenvalue weighted by Gasteiger charge is -2.24. The highest BCUT2D eigenvalue weighted by Gasteiger charge is 2.37. The first-order valence-electron chi connectivity index (χ1n) is 7.45. The van der Waals surface area contributed by atoms with Crippen molar-refractivity contribution in [2.45, 2.75) is 18.4 Å². The molecule has 0 amide bonds. The van der Waals surface area contributed by atoms with Gasteiger partial charge in [-0.3, -0.25) is 0 Å². The quantitative estimate of drug-likeness (QED) is 0.877. The molecule has 2 aromatic rings. The van der Waals surface area contributed by atoms with Gasteiger partial charge in [0.1, 0.15) is 11.9 Å². The first kappa shape index (κ1) is 14.7. The molecule has 2 atom stereocenters. The fourth-order valence-electron chi connectivity index (χ4n) is 2.82. The molecule has 4 rings (SSSR count). The molecule has 0 spiro atoms. The molecule has 0 aromatic heterocycles. The number of rotatable bonds is 1. The summed E-state index contributed by atoms with van der Waals surface area (Å²) in [5, 5.41) is 9.74. The van der Waals surface area contributed by atoms with Crippen molar-refractivity contribution in [2.24, 2.45) is 0 Å². The highest BCUT2D eigenvalue weighted by molar-refractivity contribution is 5.53. The van der Waals surface area contributed by atoms with Crippen LogP contribution in [0.5, 0.6) is 17.2 Å². The van der Waals surface area contributed by atoms with Crippen molar-refractivity contribution in [3.63, 3.8) is 0 Å². The van der Waals surface area contributed by atoms with Crippen LogP contribution in [0.25, 0.3) is 0 Å². The summed E-state index contributed by atoms with van der Waals surface area (Å²) in [7, 11) is 1.53. The lowest BCUT2D eigenvalue weighted by molar-refractivity contribution is 0.0225. The Morgan fingerprint density at radius 3 is 2.41 bits per heavy atom. The summed E-state index contributed by atoms with van der Waals surface area (Å²) < 4.78 is 16.3. The van der Waals surface area contributed by atoms with Crippen molar-refractivity contribution >= 4 is 0 Å². The molecule has 1 N–H and O–H groups in total. The van der Waals surface area contributed by atoms with E-state index in [0.717, 1.165) is 24.3 Å². The lowest BCUT2D eigenvalue weighted by Crippen LogP contribution is -2.29. The van der Waals surface area contributed by atoms with Crippen LogP contribution in [0, 0.1) is 0 Å². The molecule has 2 aliphatic rings. The Morgan fingerprint density at radius 2 is 1.77 bits per heavy atom. The minimum atomic E-state index is 0.163. The van der Waals surface area contributed by atoms with Gasteiger partial charge in [0.05, 0.1) is 20.3 Å². The van der Waals surface area contributed by atoms with Gasteiger partial charge in [-0.25, -0.2) is 0 Å². The first-order chi connectivity index (χ1) is 10.8. The molecule has 116 valence electrons. The van der Waals surface area contributed by atoms with Gasteiger partial charge in [-0.15, -0.1) is 0 Å². The van der Waals surface area contributed by atoms with Gasteiger partial charge >= 0.3 is 0 Å². The highest BCUT2D eigenvalue weighted by Crippen LogP contribution is 2.46. The van der Waals surface area contributed by atoms with Gasteiger partial charge < -0.3 is 19.3 Å². The molecule has 22 heavy (non-hydrogen) atoms. The SMILES string of the molecule is COc1cc2c(cc1O)C1COCCC1O2.c1ccccc1. The fourth-order valence-corrected chi connectivity index (χ4v) is 2.82. The monoisotopic (exact) mass is 300 g/mol. The zero-order valence-corrected chi connectivity index (χ0v) is 12.6. The van der Waals surface area contributed by atoms with Crippen molar-refractivity contribution in [1.29, 1.82) is 0 Å². The lowest BCUT2D eigenvalue weighted by atomic mass is 9.93. The molecular weight excluding hydrogens is 280 g/mol. The van der Waals surface area contributed by atoms with Crippen LogP contribution in [-0.4, -0.2) is 31.5 Å². The van der Waals surface area contributed by atoms with Crippen LogP contribution in [-0.2, 0) is 4.74 Å². The van der Waals surface area contributed by atoms with E-state index in [9.17, 15) is 5.11 Å². The summed E-state index contributed by atoms with van der Waals surface area (Å²) in [6, 6.07) is 15.5. The Hall–Kier alpha value is -2.20. The maximum absolute atomic E-state index is 9.74. The number of hydrogen-bond donors (Lipinski definition) is 1. The zero-order valence-electron chi connectivity index (χ0n) is 12.6. The molecule has 2 aromatic carbocycles. The van der Waals surface area contributed by atoms with Crippen LogP contribution in [0.3, 0.4) is 0 Å². The number of ether oxygens (including phenoxy) is 3. The molecule has 0 radical (unpaired) electrons. The molecule has 0 aliphatic carbocycles. The van der Waals surface area contributed by atoms with Crippen LogP contribution in [0.15, 0.2) is 48.5 Å². The van der Waals surface area contributed by atoms with Crippen molar-refractivity contribution in [2.75, 3.05) is 20.3 Å². The minimum absolute atomic E-state index is 0.163. The van der Waals surface area contributed by atoms with Crippen LogP contribution >= 0.6 is 0 Å². The normalized spacial score (nSPS) is 21.7. The number of phenols is 1. The van der Waals surface area contributed by atoms with E-state index in [1.54, 1.807) is 12.1 Å². The third kappa shape index (κ3) is 3.02. The van der Waals surface area contributed by atoms with Crippen LogP contribution in [0.4, 0.5) is 0 Å². The summed E-state index contributed by atoms with van der Waals surface area (Å²) in [5.41, 5.74) is 1.03. The number of benzene rings is 2. The van der Waals surface area contributed by atoms with Gasteiger partial charge in [0.25, 0.3) is 0 Å².